The number of pyridine rings is 2. The molecule has 1 N–H and O–H groups in total. The molecule has 0 bridgehead atoms. The number of ether oxygens (including phenoxy) is 2. The van der Waals surface area contributed by atoms with Crippen molar-refractivity contribution >= 4 is 39.8 Å². The molecule has 7 nitrogen and oxygen atoms in total. The fourth-order valence-corrected chi connectivity index (χ4v) is 5.62. The maximum atomic E-state index is 14.2. The van der Waals surface area contributed by atoms with Crippen LogP contribution >= 0.6 is 11.6 Å². The third-order valence-electron chi connectivity index (χ3n) is 7.90. The van der Waals surface area contributed by atoms with Crippen LogP contribution in [0.1, 0.15) is 80.5 Å². The number of ketones is 1. The first-order chi connectivity index (χ1) is 21.3. The molecule has 0 aliphatic heterocycles. The Morgan fingerprint density at radius 3 is 2.38 bits per heavy atom. The summed E-state index contributed by atoms with van der Waals surface area (Å²) in [6.07, 6.45) is 0.854. The number of carbonyl (C=O) groups excluding carboxylic acids is 2. The highest BCUT2D eigenvalue weighted by Crippen LogP contribution is 2.40. The van der Waals surface area contributed by atoms with Gasteiger partial charge in [-0.2, -0.15) is 0 Å². The number of carbonyl (C=O) groups is 2. The molecule has 0 saturated heterocycles. The van der Waals surface area contributed by atoms with E-state index in [9.17, 15) is 14.7 Å². The molecule has 234 valence electrons. The van der Waals surface area contributed by atoms with Crippen molar-refractivity contribution in [2.75, 3.05) is 6.61 Å². The quantitative estimate of drug-likeness (QED) is 0.124. The molecule has 0 saturated carbocycles. The Morgan fingerprint density at radius 2 is 1.69 bits per heavy atom. The molecule has 5 rings (SSSR count). The molecule has 45 heavy (non-hydrogen) atoms. The third kappa shape index (κ3) is 6.75. The number of hydrogen-bond acceptors (Lipinski definition) is 6. The Morgan fingerprint density at radius 1 is 0.978 bits per heavy atom. The number of esters is 1. The minimum atomic E-state index is -1.11. The zero-order valence-electron chi connectivity index (χ0n) is 26.6. The number of aliphatic hydroxyl groups excluding tert-OH is 1. The first-order valence-corrected chi connectivity index (χ1v) is 15.5. The van der Waals surface area contributed by atoms with Gasteiger partial charge in [-0.1, -0.05) is 68.8 Å². The van der Waals surface area contributed by atoms with Crippen molar-refractivity contribution in [2.45, 2.75) is 60.7 Å². The molecule has 1 unspecified atom stereocenters. The Balaban J connectivity index is 1.66. The van der Waals surface area contributed by atoms with E-state index in [-0.39, 0.29) is 31.4 Å². The van der Waals surface area contributed by atoms with Gasteiger partial charge < -0.3 is 19.0 Å². The van der Waals surface area contributed by atoms with Crippen LogP contribution in [-0.2, 0) is 22.6 Å². The Kier molecular flexibility index (Phi) is 9.06. The normalized spacial score (nSPS) is 12.8. The molecular weight excluding hydrogens is 588 g/mol. The summed E-state index contributed by atoms with van der Waals surface area (Å²) in [4.78, 5) is 32.0. The van der Waals surface area contributed by atoms with Crippen molar-refractivity contribution < 1.29 is 24.2 Å². The molecule has 0 aliphatic carbocycles. The topological polar surface area (TPSA) is 90.1 Å². The number of nitrogens with zero attached hydrogens (tertiary/aromatic N) is 2. The second-order valence-electron chi connectivity index (χ2n) is 13.0. The van der Waals surface area contributed by atoms with Crippen LogP contribution in [0.2, 0.25) is 5.02 Å². The molecule has 0 radical (unpaired) electrons. The highest BCUT2D eigenvalue weighted by molar-refractivity contribution is 6.30. The van der Waals surface area contributed by atoms with Gasteiger partial charge in [0.1, 0.15) is 18.5 Å². The van der Waals surface area contributed by atoms with Crippen LogP contribution in [0.5, 0.6) is 5.75 Å². The Hall–Kier alpha value is -4.20. The van der Waals surface area contributed by atoms with Gasteiger partial charge in [0.15, 0.2) is 5.78 Å². The molecule has 0 fully saturated rings. The summed E-state index contributed by atoms with van der Waals surface area (Å²) in [6.45, 7) is 11.4. The molecule has 8 heteroatoms. The lowest BCUT2D eigenvalue weighted by Crippen LogP contribution is -2.31. The van der Waals surface area contributed by atoms with Gasteiger partial charge in [0.2, 0.25) is 0 Å². The van der Waals surface area contributed by atoms with E-state index in [0.29, 0.717) is 38.7 Å². The van der Waals surface area contributed by atoms with E-state index in [1.165, 1.54) is 0 Å². The first kappa shape index (κ1) is 32.2. The fourth-order valence-electron chi connectivity index (χ4n) is 5.49. The van der Waals surface area contributed by atoms with Gasteiger partial charge in [0.25, 0.3) is 0 Å². The van der Waals surface area contributed by atoms with Crippen molar-refractivity contribution in [1.29, 1.82) is 0 Å². The zero-order valence-corrected chi connectivity index (χ0v) is 27.3. The highest BCUT2D eigenvalue weighted by atomic mass is 35.5. The van der Waals surface area contributed by atoms with E-state index >= 15 is 0 Å². The van der Waals surface area contributed by atoms with Gasteiger partial charge in [-0.25, -0.2) is 4.98 Å². The number of para-hydroxylation sites is 1. The second-order valence-corrected chi connectivity index (χ2v) is 13.4. The highest BCUT2D eigenvalue weighted by Gasteiger charge is 2.38. The fraction of sp³-hybridized carbons (Fsp3) is 0.324. The van der Waals surface area contributed by atoms with Crippen LogP contribution in [0.25, 0.3) is 16.4 Å². The molecule has 3 aromatic heterocycles. The summed E-state index contributed by atoms with van der Waals surface area (Å²) in [5.74, 6) is 0.0486. The molecule has 0 aliphatic rings. The van der Waals surface area contributed by atoms with Crippen molar-refractivity contribution in [3.63, 3.8) is 0 Å². The molecule has 1 atom stereocenters. The van der Waals surface area contributed by atoms with Crippen LogP contribution in [0.15, 0.2) is 79.0 Å². The predicted octanol–water partition coefficient (Wildman–Crippen LogP) is 8.16. The lowest BCUT2D eigenvalue weighted by atomic mass is 9.79. The molecule has 5 aromatic rings. The maximum absolute atomic E-state index is 14.2. The van der Waals surface area contributed by atoms with Gasteiger partial charge in [0, 0.05) is 33.7 Å². The molecule has 2 aromatic carbocycles. The van der Waals surface area contributed by atoms with Gasteiger partial charge >= 0.3 is 5.97 Å². The zero-order chi connectivity index (χ0) is 32.5. The minimum Gasteiger partial charge on any atom is -0.487 e. The summed E-state index contributed by atoms with van der Waals surface area (Å²) in [6, 6.07) is 22.4. The average molecular weight is 627 g/mol. The van der Waals surface area contributed by atoms with E-state index in [1.807, 2.05) is 67.6 Å². The van der Waals surface area contributed by atoms with Crippen molar-refractivity contribution in [3.8, 4) is 5.75 Å². The van der Waals surface area contributed by atoms with Crippen molar-refractivity contribution in [3.05, 3.63) is 112 Å². The Labute approximate surface area is 268 Å². The number of hydrogen-bond donors (Lipinski definition) is 1. The lowest BCUT2D eigenvalue weighted by Gasteiger charge is -2.25. The number of halogens is 1. The smallest absolute Gasteiger partial charge is 0.311 e. The Bertz CT molecular complexity index is 1870. The van der Waals surface area contributed by atoms with Gasteiger partial charge in [-0.3, -0.25) is 9.59 Å². The number of aliphatic hydroxyl groups is 1. The number of rotatable bonds is 10. The molecule has 3 heterocycles. The van der Waals surface area contributed by atoms with Crippen molar-refractivity contribution in [1.82, 2.24) is 9.38 Å². The average Bonchev–Trinajstić information content (AvgIpc) is 3.31. The van der Waals surface area contributed by atoms with Gasteiger partial charge in [-0.05, 0) is 68.7 Å². The van der Waals surface area contributed by atoms with Crippen LogP contribution in [0.4, 0.5) is 0 Å². The second kappa shape index (κ2) is 12.7. The van der Waals surface area contributed by atoms with E-state index < -0.39 is 16.9 Å². The van der Waals surface area contributed by atoms with Crippen LogP contribution in [0.3, 0.4) is 0 Å². The monoisotopic (exact) mass is 626 g/mol. The van der Waals surface area contributed by atoms with E-state index in [4.69, 9.17) is 26.1 Å². The number of aromatic nitrogens is 2. The number of Topliss-reactive ketones (excluding diaryl/α,β-unsaturated/α-hetero) is 1. The van der Waals surface area contributed by atoms with Crippen molar-refractivity contribution in [2.24, 2.45) is 10.8 Å². The maximum Gasteiger partial charge on any atom is 0.311 e. The predicted molar refractivity (Wildman–Crippen MR) is 177 cm³/mol. The molecule has 0 spiro atoms. The first-order valence-electron chi connectivity index (χ1n) is 15.1. The largest absolute Gasteiger partial charge is 0.487 e. The van der Waals surface area contributed by atoms with Crippen LogP contribution in [0, 0.1) is 10.8 Å². The molecule has 0 amide bonds. The minimum absolute atomic E-state index is 0.113. The van der Waals surface area contributed by atoms with Crippen LogP contribution < -0.4 is 4.74 Å². The number of benzene rings is 2. The standard InChI is InChI=1S/C37H39ClN2O5/c1-7-44-35(43)37(5,6)21-28-31(34(42)36(2,3)4)30-20-27(45-22-26-17-14-23-10-8-9-11-29(23)39-26)18-19-40(30)32(28)33(41)24-12-15-25(38)16-13-24/h8-20,33,41H,7,21-22H2,1-6H3. The summed E-state index contributed by atoms with van der Waals surface area (Å²) >= 11 is 6.16. The summed E-state index contributed by atoms with van der Waals surface area (Å²) in [7, 11) is 0. The SMILES string of the molecule is CCOC(=O)C(C)(C)Cc1c(C(=O)C(C)(C)C)c2cc(OCc3ccc4ccccc4n3)ccn2c1C(O)c1ccc(Cl)cc1. The summed E-state index contributed by atoms with van der Waals surface area (Å²) in [5, 5.41) is 13.5. The summed E-state index contributed by atoms with van der Waals surface area (Å²) < 4.78 is 13.4. The van der Waals surface area contributed by atoms with Gasteiger partial charge in [-0.15, -0.1) is 0 Å². The van der Waals surface area contributed by atoms with Crippen LogP contribution in [-0.4, -0.2) is 32.9 Å². The van der Waals surface area contributed by atoms with Gasteiger partial charge in [0.05, 0.1) is 34.4 Å². The summed E-state index contributed by atoms with van der Waals surface area (Å²) in [5.41, 5.74) is 2.63. The third-order valence-corrected chi connectivity index (χ3v) is 8.15. The van der Waals surface area contributed by atoms with E-state index in [2.05, 4.69) is 0 Å². The lowest BCUT2D eigenvalue weighted by molar-refractivity contribution is -0.153. The molecular formula is C37H39ClN2O5. The van der Waals surface area contributed by atoms with E-state index in [1.54, 1.807) is 57.3 Å². The van der Waals surface area contributed by atoms with E-state index in [0.717, 1.165) is 16.6 Å². The number of fused-ring (bicyclic) bond motifs is 2.